The molecule has 128 valence electrons. The maximum Gasteiger partial charge on any atom is 0.573 e. The van der Waals surface area contributed by atoms with Gasteiger partial charge in [-0.05, 0) is 36.3 Å². The van der Waals surface area contributed by atoms with Crippen molar-refractivity contribution in [3.8, 4) is 5.75 Å². The molecule has 1 aliphatic rings. The topological polar surface area (TPSA) is 35.5 Å². The fourth-order valence-corrected chi connectivity index (χ4v) is 2.36. The lowest BCUT2D eigenvalue weighted by Gasteiger charge is -2.10. The Balaban J connectivity index is 1.87. The lowest BCUT2D eigenvalue weighted by Crippen LogP contribution is -2.16. The Morgan fingerprint density at radius 1 is 1.00 bits per heavy atom. The summed E-state index contributed by atoms with van der Waals surface area (Å²) in [7, 11) is 0. The van der Waals surface area contributed by atoms with E-state index in [1.54, 1.807) is 6.08 Å². The van der Waals surface area contributed by atoms with Crippen LogP contribution >= 0.6 is 0 Å². The average molecular weight is 346 g/mol. The Morgan fingerprint density at radius 2 is 1.64 bits per heavy atom. The molecule has 0 aliphatic carbocycles. The highest BCUT2D eigenvalue weighted by molar-refractivity contribution is 6.03. The van der Waals surface area contributed by atoms with Gasteiger partial charge in [0.2, 0.25) is 0 Å². The molecular weight excluding hydrogens is 333 g/mol. The molecule has 3 nitrogen and oxygen atoms in total. The van der Waals surface area contributed by atoms with Crippen molar-refractivity contribution in [3.05, 3.63) is 77.1 Å². The van der Waals surface area contributed by atoms with Crippen LogP contribution in [0, 0.1) is 6.92 Å². The van der Waals surface area contributed by atoms with Gasteiger partial charge in [0.25, 0.3) is 0 Å². The second-order valence-corrected chi connectivity index (χ2v) is 5.47. The van der Waals surface area contributed by atoms with E-state index in [9.17, 15) is 18.0 Å². The number of halogens is 3. The van der Waals surface area contributed by atoms with Crippen molar-refractivity contribution in [1.29, 1.82) is 0 Å². The molecule has 3 rings (SSSR count). The van der Waals surface area contributed by atoms with Gasteiger partial charge in [0, 0.05) is 11.6 Å². The lowest BCUT2D eigenvalue weighted by atomic mass is 10.0. The monoisotopic (exact) mass is 346 g/mol. The molecule has 1 heterocycles. The van der Waals surface area contributed by atoms with Gasteiger partial charge in [-0.25, -0.2) is 4.79 Å². The van der Waals surface area contributed by atoms with Gasteiger partial charge in [0.1, 0.15) is 11.5 Å². The van der Waals surface area contributed by atoms with Crippen molar-refractivity contribution in [2.45, 2.75) is 13.3 Å². The quantitative estimate of drug-likeness (QED) is 0.744. The van der Waals surface area contributed by atoms with Crippen LogP contribution in [-0.2, 0) is 9.53 Å². The Morgan fingerprint density at radius 3 is 2.24 bits per heavy atom. The van der Waals surface area contributed by atoms with Crippen LogP contribution in [0.1, 0.15) is 16.7 Å². The molecule has 1 aliphatic heterocycles. The van der Waals surface area contributed by atoms with E-state index in [0.29, 0.717) is 16.9 Å². The predicted octanol–water partition coefficient (Wildman–Crippen LogP) is 4.87. The molecule has 0 fully saturated rings. The third kappa shape index (κ3) is 4.29. The normalized spacial score (nSPS) is 15.9. The molecule has 0 atom stereocenters. The number of carbonyl (C=O) groups is 1. The first-order valence-electron chi connectivity index (χ1n) is 7.39. The Labute approximate surface area is 142 Å². The first kappa shape index (κ1) is 16.8. The minimum atomic E-state index is -4.75. The highest BCUT2D eigenvalue weighted by Crippen LogP contribution is 2.32. The number of esters is 1. The summed E-state index contributed by atoms with van der Waals surface area (Å²) in [6, 6.07) is 12.9. The predicted molar refractivity (Wildman–Crippen MR) is 86.4 cm³/mol. The number of carbonyl (C=O) groups excluding carboxylic acids is 1. The summed E-state index contributed by atoms with van der Waals surface area (Å²) in [5.41, 5.74) is 3.00. The van der Waals surface area contributed by atoms with E-state index < -0.39 is 12.3 Å². The van der Waals surface area contributed by atoms with Crippen LogP contribution in [0.4, 0.5) is 13.2 Å². The molecule has 0 spiro atoms. The molecule has 0 unspecified atom stereocenters. The highest BCUT2D eigenvalue weighted by Gasteiger charge is 2.31. The van der Waals surface area contributed by atoms with E-state index in [2.05, 4.69) is 4.74 Å². The lowest BCUT2D eigenvalue weighted by molar-refractivity contribution is -0.274. The molecule has 0 saturated heterocycles. The maximum absolute atomic E-state index is 12.2. The van der Waals surface area contributed by atoms with Crippen LogP contribution in [0.3, 0.4) is 0 Å². The first-order valence-corrected chi connectivity index (χ1v) is 7.39. The second kappa shape index (κ2) is 6.47. The third-order valence-corrected chi connectivity index (χ3v) is 3.51. The van der Waals surface area contributed by atoms with Crippen molar-refractivity contribution in [3.63, 3.8) is 0 Å². The van der Waals surface area contributed by atoms with Crippen molar-refractivity contribution in [2.75, 3.05) is 0 Å². The number of hydrogen-bond donors (Lipinski definition) is 0. The summed E-state index contributed by atoms with van der Waals surface area (Å²) in [6.45, 7) is 1.96. The van der Waals surface area contributed by atoms with Gasteiger partial charge in [0.05, 0.1) is 0 Å². The summed E-state index contributed by atoms with van der Waals surface area (Å²) in [5.74, 6) is -0.506. The van der Waals surface area contributed by atoms with E-state index in [-0.39, 0.29) is 5.75 Å². The molecular formula is C19H13F3O3. The number of alkyl halides is 3. The number of aryl methyl sites for hydroxylation is 1. The van der Waals surface area contributed by atoms with Gasteiger partial charge < -0.3 is 9.47 Å². The fourth-order valence-electron chi connectivity index (χ4n) is 2.36. The minimum Gasteiger partial charge on any atom is -0.423 e. The molecule has 0 amide bonds. The highest BCUT2D eigenvalue weighted by atomic mass is 19.4. The smallest absolute Gasteiger partial charge is 0.423 e. The molecule has 25 heavy (non-hydrogen) atoms. The van der Waals surface area contributed by atoms with E-state index in [1.807, 2.05) is 31.2 Å². The Kier molecular flexibility index (Phi) is 4.35. The van der Waals surface area contributed by atoms with Gasteiger partial charge in [-0.15, -0.1) is 13.2 Å². The zero-order valence-electron chi connectivity index (χ0n) is 13.1. The molecule has 0 radical (unpaired) electrons. The van der Waals surface area contributed by atoms with E-state index in [1.165, 1.54) is 30.3 Å². The van der Waals surface area contributed by atoms with Crippen LogP contribution in [-0.4, -0.2) is 12.3 Å². The SMILES string of the molecule is Cc1ccc(/C=C2\OC(=O)C=C2c2ccc(OC(F)(F)F)cc2)cc1. The summed E-state index contributed by atoms with van der Waals surface area (Å²) >= 11 is 0. The third-order valence-electron chi connectivity index (χ3n) is 3.51. The number of cyclic esters (lactones) is 1. The van der Waals surface area contributed by atoms with Crippen LogP contribution in [0.2, 0.25) is 0 Å². The van der Waals surface area contributed by atoms with Crippen molar-refractivity contribution < 1.29 is 27.4 Å². The molecule has 0 saturated carbocycles. The zero-order valence-corrected chi connectivity index (χ0v) is 13.1. The van der Waals surface area contributed by atoms with Crippen LogP contribution in [0.5, 0.6) is 5.75 Å². The van der Waals surface area contributed by atoms with Gasteiger partial charge >= 0.3 is 12.3 Å². The van der Waals surface area contributed by atoms with Crippen molar-refractivity contribution in [1.82, 2.24) is 0 Å². The summed E-state index contributed by atoms with van der Waals surface area (Å²) in [4.78, 5) is 11.6. The fraction of sp³-hybridized carbons (Fsp3) is 0.105. The summed E-state index contributed by atoms with van der Waals surface area (Å²) in [6.07, 6.45) is -1.74. The zero-order chi connectivity index (χ0) is 18.0. The van der Waals surface area contributed by atoms with Gasteiger partial charge in [-0.3, -0.25) is 0 Å². The van der Waals surface area contributed by atoms with Gasteiger partial charge in [0.15, 0.2) is 0 Å². The van der Waals surface area contributed by atoms with E-state index >= 15 is 0 Å². The minimum absolute atomic E-state index is 0.328. The maximum atomic E-state index is 12.2. The largest absolute Gasteiger partial charge is 0.573 e. The summed E-state index contributed by atoms with van der Waals surface area (Å²) < 4.78 is 45.7. The van der Waals surface area contributed by atoms with Crippen LogP contribution in [0.25, 0.3) is 11.6 Å². The van der Waals surface area contributed by atoms with Gasteiger partial charge in [-0.1, -0.05) is 42.0 Å². The standard InChI is InChI=1S/C19H13F3O3/c1-12-2-4-13(5-3-12)10-17-16(11-18(23)24-17)14-6-8-15(9-7-14)25-19(20,21)22/h2-11H,1H3/b17-10-. The van der Waals surface area contributed by atoms with Crippen molar-refractivity contribution in [2.24, 2.45) is 0 Å². The van der Waals surface area contributed by atoms with Crippen molar-refractivity contribution >= 4 is 17.6 Å². The molecule has 0 aromatic heterocycles. The second-order valence-electron chi connectivity index (χ2n) is 5.47. The van der Waals surface area contributed by atoms with Crippen LogP contribution in [0.15, 0.2) is 60.4 Å². The van der Waals surface area contributed by atoms with E-state index in [4.69, 9.17) is 4.74 Å². The number of benzene rings is 2. The molecule has 2 aromatic carbocycles. The molecule has 2 aromatic rings. The number of hydrogen-bond acceptors (Lipinski definition) is 3. The summed E-state index contributed by atoms with van der Waals surface area (Å²) in [5, 5.41) is 0. The average Bonchev–Trinajstić information content (AvgIpc) is 2.89. The number of ether oxygens (including phenoxy) is 2. The van der Waals surface area contributed by atoms with Gasteiger partial charge in [-0.2, -0.15) is 0 Å². The Bertz CT molecular complexity index is 845. The molecule has 6 heteroatoms. The number of rotatable bonds is 3. The molecule has 0 bridgehead atoms. The Hall–Kier alpha value is -3.02. The van der Waals surface area contributed by atoms with Crippen LogP contribution < -0.4 is 4.74 Å². The van der Waals surface area contributed by atoms with E-state index in [0.717, 1.165) is 11.1 Å². The molecule has 0 N–H and O–H groups in total. The number of allylic oxidation sites excluding steroid dienone is 1. The first-order chi connectivity index (χ1) is 11.8.